The van der Waals surface area contributed by atoms with Crippen molar-refractivity contribution in [2.45, 2.75) is 6.54 Å². The summed E-state index contributed by atoms with van der Waals surface area (Å²) < 4.78 is 5.19. The lowest BCUT2D eigenvalue weighted by atomic mass is 10.2. The maximum atomic E-state index is 5.19. The zero-order valence-corrected chi connectivity index (χ0v) is 13.7. The molecule has 2 rings (SSSR count). The van der Waals surface area contributed by atoms with Gasteiger partial charge in [-0.25, -0.2) is 0 Å². The Morgan fingerprint density at radius 3 is 2.64 bits per heavy atom. The minimum Gasteiger partial charge on any atom is -0.497 e. The SMILES string of the molecule is C=CCNC(=NC)NCc1ccc(-c2ccc(OC)cc2)s1. The van der Waals surface area contributed by atoms with Crippen LogP contribution in [0.5, 0.6) is 5.75 Å². The number of thiophene rings is 1. The molecule has 0 aliphatic carbocycles. The summed E-state index contributed by atoms with van der Waals surface area (Å²) in [6.07, 6.45) is 1.81. The van der Waals surface area contributed by atoms with Gasteiger partial charge in [0.05, 0.1) is 13.7 Å². The third-order valence-corrected chi connectivity index (χ3v) is 4.24. The molecule has 4 nitrogen and oxygen atoms in total. The molecule has 0 aliphatic rings. The molecular formula is C17H21N3OS. The normalized spacial score (nSPS) is 11.1. The number of benzene rings is 1. The Morgan fingerprint density at radius 2 is 2.00 bits per heavy atom. The van der Waals surface area contributed by atoms with Crippen molar-refractivity contribution in [1.82, 2.24) is 10.6 Å². The fourth-order valence-corrected chi connectivity index (χ4v) is 2.90. The number of nitrogens with one attached hydrogen (secondary N) is 2. The van der Waals surface area contributed by atoms with Crippen LogP contribution in [0.25, 0.3) is 10.4 Å². The van der Waals surface area contributed by atoms with Crippen LogP contribution in [0.4, 0.5) is 0 Å². The van der Waals surface area contributed by atoms with E-state index in [9.17, 15) is 0 Å². The number of rotatable bonds is 6. The van der Waals surface area contributed by atoms with Crippen molar-refractivity contribution in [2.75, 3.05) is 20.7 Å². The zero-order chi connectivity index (χ0) is 15.8. The number of hydrogen-bond acceptors (Lipinski definition) is 3. The van der Waals surface area contributed by atoms with E-state index in [1.54, 1.807) is 31.6 Å². The molecule has 0 spiro atoms. The minimum atomic E-state index is 0.696. The predicted octanol–water partition coefficient (Wildman–Crippen LogP) is 3.27. The molecule has 0 amide bonds. The van der Waals surface area contributed by atoms with Gasteiger partial charge in [-0.05, 0) is 42.0 Å². The van der Waals surface area contributed by atoms with Crippen molar-refractivity contribution in [3.05, 3.63) is 53.9 Å². The summed E-state index contributed by atoms with van der Waals surface area (Å²) in [6.45, 7) is 5.13. The first kappa shape index (κ1) is 16.1. The van der Waals surface area contributed by atoms with Gasteiger partial charge in [0, 0.05) is 23.3 Å². The van der Waals surface area contributed by atoms with Gasteiger partial charge < -0.3 is 15.4 Å². The molecule has 0 saturated carbocycles. The van der Waals surface area contributed by atoms with E-state index < -0.39 is 0 Å². The second-order valence-corrected chi connectivity index (χ2v) is 5.76. The first-order chi connectivity index (χ1) is 10.8. The largest absolute Gasteiger partial charge is 0.497 e. The van der Waals surface area contributed by atoms with Crippen LogP contribution in [0.15, 0.2) is 54.0 Å². The summed E-state index contributed by atoms with van der Waals surface area (Å²) in [4.78, 5) is 6.66. The summed E-state index contributed by atoms with van der Waals surface area (Å²) in [5, 5.41) is 6.44. The Morgan fingerprint density at radius 1 is 1.23 bits per heavy atom. The molecule has 1 heterocycles. The molecule has 5 heteroatoms. The van der Waals surface area contributed by atoms with Crippen molar-refractivity contribution < 1.29 is 4.74 Å². The van der Waals surface area contributed by atoms with Crippen LogP contribution in [0.2, 0.25) is 0 Å². The van der Waals surface area contributed by atoms with Gasteiger partial charge in [-0.3, -0.25) is 4.99 Å². The molecular weight excluding hydrogens is 294 g/mol. The molecule has 0 fully saturated rings. The summed E-state index contributed by atoms with van der Waals surface area (Å²) in [5.74, 6) is 1.65. The maximum absolute atomic E-state index is 5.19. The van der Waals surface area contributed by atoms with Crippen LogP contribution in [0, 0.1) is 0 Å². The molecule has 0 unspecified atom stereocenters. The van der Waals surface area contributed by atoms with Crippen molar-refractivity contribution in [2.24, 2.45) is 4.99 Å². The summed E-state index contributed by atoms with van der Waals surface area (Å²) in [5.41, 5.74) is 1.20. The van der Waals surface area contributed by atoms with Gasteiger partial charge in [0.1, 0.15) is 5.75 Å². The molecule has 2 N–H and O–H groups in total. The molecule has 1 aromatic carbocycles. The lowest BCUT2D eigenvalue weighted by Crippen LogP contribution is -2.36. The van der Waals surface area contributed by atoms with Crippen LogP contribution < -0.4 is 15.4 Å². The second kappa shape index (κ2) is 8.24. The summed E-state index contributed by atoms with van der Waals surface area (Å²) in [7, 11) is 3.44. The first-order valence-electron chi connectivity index (χ1n) is 7.05. The highest BCUT2D eigenvalue weighted by Gasteiger charge is 2.04. The van der Waals surface area contributed by atoms with Gasteiger partial charge in [0.2, 0.25) is 0 Å². The van der Waals surface area contributed by atoms with E-state index in [-0.39, 0.29) is 0 Å². The topological polar surface area (TPSA) is 45.7 Å². The van der Waals surface area contributed by atoms with Crippen molar-refractivity contribution >= 4 is 17.3 Å². The van der Waals surface area contributed by atoms with E-state index in [0.717, 1.165) is 18.3 Å². The fraction of sp³-hybridized carbons (Fsp3) is 0.235. The van der Waals surface area contributed by atoms with Crippen LogP contribution >= 0.6 is 11.3 Å². The average molecular weight is 315 g/mol. The van der Waals surface area contributed by atoms with E-state index >= 15 is 0 Å². The van der Waals surface area contributed by atoms with Gasteiger partial charge >= 0.3 is 0 Å². The standard InChI is InChI=1S/C17H21N3OS/c1-4-11-19-17(18-2)20-12-15-9-10-16(22-15)13-5-7-14(21-3)8-6-13/h4-10H,1,11-12H2,2-3H3,(H2,18,19,20). The van der Waals surface area contributed by atoms with Crippen molar-refractivity contribution in [3.8, 4) is 16.2 Å². The Hall–Kier alpha value is -2.27. The van der Waals surface area contributed by atoms with Crippen molar-refractivity contribution in [3.63, 3.8) is 0 Å². The molecule has 0 bridgehead atoms. The number of hydrogen-bond donors (Lipinski definition) is 2. The van der Waals surface area contributed by atoms with Crippen LogP contribution in [-0.2, 0) is 6.54 Å². The number of aliphatic imine (C=N–C) groups is 1. The van der Waals surface area contributed by atoms with Gasteiger partial charge in [0.15, 0.2) is 5.96 Å². The molecule has 0 aliphatic heterocycles. The average Bonchev–Trinajstić information content (AvgIpc) is 3.04. The molecule has 0 atom stereocenters. The molecule has 0 radical (unpaired) electrons. The molecule has 22 heavy (non-hydrogen) atoms. The monoisotopic (exact) mass is 315 g/mol. The Bertz CT molecular complexity index is 632. The third kappa shape index (κ3) is 4.36. The van der Waals surface area contributed by atoms with Gasteiger partial charge in [-0.1, -0.05) is 6.08 Å². The fourth-order valence-electron chi connectivity index (χ4n) is 1.94. The Balaban J connectivity index is 1.97. The van der Waals surface area contributed by atoms with Gasteiger partial charge in [0.25, 0.3) is 0 Å². The van der Waals surface area contributed by atoms with E-state index in [4.69, 9.17) is 4.74 Å². The third-order valence-electron chi connectivity index (χ3n) is 3.10. The summed E-state index contributed by atoms with van der Waals surface area (Å²) in [6, 6.07) is 12.4. The van der Waals surface area contributed by atoms with E-state index in [0.29, 0.717) is 6.54 Å². The lowest BCUT2D eigenvalue weighted by Gasteiger charge is -2.09. The van der Waals surface area contributed by atoms with E-state index in [2.05, 4.69) is 46.5 Å². The van der Waals surface area contributed by atoms with Gasteiger partial charge in [-0.15, -0.1) is 17.9 Å². The quantitative estimate of drug-likeness (QED) is 0.488. The maximum Gasteiger partial charge on any atom is 0.191 e. The number of ether oxygens (including phenoxy) is 1. The number of nitrogens with zero attached hydrogens (tertiary/aromatic N) is 1. The Labute approximate surface area is 135 Å². The highest BCUT2D eigenvalue weighted by molar-refractivity contribution is 7.15. The van der Waals surface area contributed by atoms with Crippen LogP contribution in [0.1, 0.15) is 4.88 Å². The van der Waals surface area contributed by atoms with Gasteiger partial charge in [-0.2, -0.15) is 0 Å². The second-order valence-electron chi connectivity index (χ2n) is 4.59. The van der Waals surface area contributed by atoms with E-state index in [1.165, 1.54) is 15.3 Å². The smallest absolute Gasteiger partial charge is 0.191 e. The minimum absolute atomic E-state index is 0.696. The lowest BCUT2D eigenvalue weighted by molar-refractivity contribution is 0.415. The molecule has 1 aromatic heterocycles. The van der Waals surface area contributed by atoms with Crippen LogP contribution in [0.3, 0.4) is 0 Å². The summed E-state index contributed by atoms with van der Waals surface area (Å²) >= 11 is 1.77. The zero-order valence-electron chi connectivity index (χ0n) is 12.9. The van der Waals surface area contributed by atoms with E-state index in [1.807, 2.05) is 12.1 Å². The molecule has 2 aromatic rings. The van der Waals surface area contributed by atoms with Crippen LogP contribution in [-0.4, -0.2) is 26.7 Å². The highest BCUT2D eigenvalue weighted by atomic mass is 32.1. The Kier molecular flexibility index (Phi) is 6.03. The first-order valence-corrected chi connectivity index (χ1v) is 7.87. The molecule has 116 valence electrons. The number of guanidine groups is 1. The highest BCUT2D eigenvalue weighted by Crippen LogP contribution is 2.29. The molecule has 0 saturated heterocycles. The number of methoxy groups -OCH3 is 1. The van der Waals surface area contributed by atoms with Crippen molar-refractivity contribution in [1.29, 1.82) is 0 Å². The predicted molar refractivity (Wildman–Crippen MR) is 94.7 cm³/mol.